The molecule has 2 saturated carbocycles. The SMILES string of the molecule is CNC1CCC(N(Cc2cc(-c3cccnc3)ccc2OC)C(=O)c2sc3c(F)cc(CNC4CCC(N(Cc5cc(-c6ccnc(N(C)C)c6)ccc5OC)C(=O)c5sc6c(F)ccc(F)c6c5Cl)CC4)c(F)c3c2Cl)CC1. The highest BCUT2D eigenvalue weighted by Crippen LogP contribution is 2.44. The maximum atomic E-state index is 16.9. The van der Waals surface area contributed by atoms with Crippen molar-refractivity contribution in [2.45, 2.75) is 95.2 Å². The summed E-state index contributed by atoms with van der Waals surface area (Å²) in [7, 11) is 8.89. The number of hydrogen-bond acceptors (Lipinski definition) is 11. The van der Waals surface area contributed by atoms with Crippen molar-refractivity contribution < 1.29 is 36.6 Å². The second kappa shape index (κ2) is 24.2. The molecule has 2 aliphatic rings. The van der Waals surface area contributed by atoms with Gasteiger partial charge in [0.25, 0.3) is 11.8 Å². The number of thiophene rings is 2. The zero-order chi connectivity index (χ0) is 55.6. The van der Waals surface area contributed by atoms with Crippen molar-refractivity contribution in [3.63, 3.8) is 0 Å². The van der Waals surface area contributed by atoms with Crippen molar-refractivity contribution in [3.05, 3.63) is 157 Å². The fraction of sp³-hybridized carbons (Fsp3) is 0.333. The van der Waals surface area contributed by atoms with E-state index >= 15 is 17.6 Å². The Labute approximate surface area is 474 Å². The van der Waals surface area contributed by atoms with Gasteiger partial charge in [-0.05, 0) is 136 Å². The predicted octanol–water partition coefficient (Wildman–Crippen LogP) is 14.1. The van der Waals surface area contributed by atoms with Crippen LogP contribution in [0.5, 0.6) is 11.5 Å². The molecule has 4 aromatic heterocycles. The molecule has 2 aliphatic carbocycles. The summed E-state index contributed by atoms with van der Waals surface area (Å²) in [5.74, 6) is -1.81. The van der Waals surface area contributed by atoms with E-state index < -0.39 is 35.1 Å². The number of aromatic nitrogens is 2. The summed E-state index contributed by atoms with van der Waals surface area (Å²) in [6.07, 6.45) is 10.4. The number of benzene rings is 4. The molecular formula is C60H59Cl2F4N7O4S2. The molecule has 0 saturated heterocycles. The van der Waals surface area contributed by atoms with Gasteiger partial charge in [-0.2, -0.15) is 0 Å². The lowest BCUT2D eigenvalue weighted by molar-refractivity contribution is 0.0596. The van der Waals surface area contributed by atoms with Crippen LogP contribution in [-0.2, 0) is 19.6 Å². The Morgan fingerprint density at radius 2 is 1.18 bits per heavy atom. The summed E-state index contributed by atoms with van der Waals surface area (Å²) in [6, 6.07) is 22.0. The Balaban J connectivity index is 0.894. The van der Waals surface area contributed by atoms with Crippen molar-refractivity contribution >= 4 is 83.7 Å². The second-order valence-electron chi connectivity index (χ2n) is 20.4. The summed E-state index contributed by atoms with van der Waals surface area (Å²) in [4.78, 5) is 44.1. The molecule has 0 bridgehead atoms. The zero-order valence-corrected chi connectivity index (χ0v) is 47.4. The number of carbonyl (C=O) groups is 2. The maximum Gasteiger partial charge on any atom is 0.266 e. The van der Waals surface area contributed by atoms with E-state index in [4.69, 9.17) is 32.7 Å². The molecule has 0 spiro atoms. The number of nitrogens with one attached hydrogen (secondary N) is 2. The van der Waals surface area contributed by atoms with Gasteiger partial charge in [0.2, 0.25) is 0 Å². The van der Waals surface area contributed by atoms with E-state index in [0.29, 0.717) is 48.8 Å². The molecule has 0 radical (unpaired) electrons. The van der Waals surface area contributed by atoms with Crippen LogP contribution < -0.4 is 25.0 Å². The van der Waals surface area contributed by atoms with Crippen LogP contribution in [0.2, 0.25) is 10.0 Å². The van der Waals surface area contributed by atoms with E-state index in [0.717, 1.165) is 94.1 Å². The van der Waals surface area contributed by atoms with E-state index in [1.807, 2.05) is 86.7 Å². The molecule has 0 unspecified atom stereocenters. The van der Waals surface area contributed by atoms with Crippen LogP contribution in [0.3, 0.4) is 0 Å². The lowest BCUT2D eigenvalue weighted by Crippen LogP contribution is -2.44. The minimum absolute atomic E-state index is 0.0156. The van der Waals surface area contributed by atoms with Gasteiger partial charge >= 0.3 is 0 Å². The standard InChI is InChI=1S/C60H59Cl2F4N7O4S2/c1-67-40-10-14-42(15-11-40)72(32-39-26-34(9-21-48(39)77-5)36-7-6-23-68-29-36)60(75)58-53(62)51-54(66)37(27-46(65)56(51)79-58)30-70-41-12-16-43(17-13-41)73(59(74)57-52(61)50-44(63)18-19-45(64)55(50)78-57)31-38-25-33(8-20-47(38)76-4)35-22-24-69-49(28-35)71(2)3/h6-9,18-29,40-43,67,70H,10-17,30-32H2,1-5H3. The third-order valence-corrected chi connectivity index (χ3v) is 18.9. The third-order valence-electron chi connectivity index (χ3n) is 15.5. The molecule has 412 valence electrons. The number of rotatable bonds is 17. The minimum Gasteiger partial charge on any atom is -0.496 e. The molecule has 10 rings (SSSR count). The number of methoxy groups -OCH3 is 2. The van der Waals surface area contributed by atoms with Gasteiger partial charge in [-0.25, -0.2) is 22.5 Å². The molecule has 4 heterocycles. The smallest absolute Gasteiger partial charge is 0.266 e. The second-order valence-corrected chi connectivity index (χ2v) is 23.2. The highest BCUT2D eigenvalue weighted by molar-refractivity contribution is 7.22. The fourth-order valence-corrected chi connectivity index (χ4v) is 14.1. The van der Waals surface area contributed by atoms with E-state index in [1.165, 1.54) is 6.07 Å². The first-order valence-corrected chi connectivity index (χ1v) is 28.6. The summed E-state index contributed by atoms with van der Waals surface area (Å²) in [5.41, 5.74) is 5.09. The monoisotopic (exact) mass is 1150 g/mol. The minimum atomic E-state index is -0.731. The summed E-state index contributed by atoms with van der Waals surface area (Å²) in [5, 5.41) is 6.22. The lowest BCUT2D eigenvalue weighted by Gasteiger charge is -2.37. The van der Waals surface area contributed by atoms with Crippen LogP contribution in [0, 0.1) is 23.3 Å². The van der Waals surface area contributed by atoms with Crippen LogP contribution in [0.1, 0.15) is 87.4 Å². The molecule has 2 fully saturated rings. The molecule has 4 aromatic carbocycles. The van der Waals surface area contributed by atoms with E-state index in [1.54, 1.807) is 42.6 Å². The van der Waals surface area contributed by atoms with Gasteiger partial charge in [0.15, 0.2) is 0 Å². The number of pyridine rings is 2. The van der Waals surface area contributed by atoms with Gasteiger partial charge in [0.05, 0.1) is 44.4 Å². The van der Waals surface area contributed by atoms with Crippen LogP contribution in [-0.4, -0.2) is 91.1 Å². The number of hydrogen-bond donors (Lipinski definition) is 2. The van der Waals surface area contributed by atoms with Crippen molar-refractivity contribution in [2.75, 3.05) is 40.3 Å². The molecule has 0 atom stereocenters. The van der Waals surface area contributed by atoms with Gasteiger partial charge in [-0.15, -0.1) is 22.7 Å². The normalized spacial score (nSPS) is 17.5. The highest BCUT2D eigenvalue weighted by atomic mass is 35.5. The zero-order valence-electron chi connectivity index (χ0n) is 44.3. The molecule has 8 aromatic rings. The Morgan fingerprint density at radius 1 is 0.633 bits per heavy atom. The van der Waals surface area contributed by atoms with Gasteiger partial charge in [0, 0.05) is 98.7 Å². The molecule has 0 aliphatic heterocycles. The molecule has 2 N–H and O–H groups in total. The summed E-state index contributed by atoms with van der Waals surface area (Å²) < 4.78 is 75.1. The van der Waals surface area contributed by atoms with Crippen LogP contribution in [0.4, 0.5) is 23.4 Å². The quantitative estimate of drug-likeness (QED) is 0.0861. The van der Waals surface area contributed by atoms with Crippen LogP contribution in [0.15, 0.2) is 97.5 Å². The number of anilines is 1. The Morgan fingerprint density at radius 3 is 1.72 bits per heavy atom. The topological polar surface area (TPSA) is 112 Å². The first-order valence-electron chi connectivity index (χ1n) is 26.2. The maximum absolute atomic E-state index is 16.9. The molecule has 19 heteroatoms. The Hall–Kier alpha value is -6.34. The first kappa shape index (κ1) is 56.0. The molecule has 2 amide bonds. The fourth-order valence-electron chi connectivity index (χ4n) is 11.1. The van der Waals surface area contributed by atoms with Crippen molar-refractivity contribution in [1.82, 2.24) is 30.4 Å². The van der Waals surface area contributed by atoms with Crippen molar-refractivity contribution in [3.8, 4) is 33.8 Å². The van der Waals surface area contributed by atoms with Gasteiger partial charge in [0.1, 0.15) is 50.3 Å². The van der Waals surface area contributed by atoms with Crippen molar-refractivity contribution in [2.24, 2.45) is 0 Å². The first-order chi connectivity index (χ1) is 38.1. The largest absolute Gasteiger partial charge is 0.496 e. The summed E-state index contributed by atoms with van der Waals surface area (Å²) >= 11 is 15.5. The van der Waals surface area contributed by atoms with Crippen LogP contribution in [0.25, 0.3) is 42.4 Å². The number of nitrogens with zero attached hydrogens (tertiary/aromatic N) is 5. The average Bonchev–Trinajstić information content (AvgIpc) is 4.24. The van der Waals surface area contributed by atoms with Crippen molar-refractivity contribution in [1.29, 1.82) is 0 Å². The highest BCUT2D eigenvalue weighted by Gasteiger charge is 2.36. The lowest BCUT2D eigenvalue weighted by atomic mass is 9.89. The van der Waals surface area contributed by atoms with Gasteiger partial charge in [-0.1, -0.05) is 41.4 Å². The number of ether oxygens (including phenoxy) is 2. The van der Waals surface area contributed by atoms with E-state index in [2.05, 4.69) is 20.6 Å². The van der Waals surface area contributed by atoms with Gasteiger partial charge in [-0.3, -0.25) is 14.6 Å². The van der Waals surface area contributed by atoms with E-state index in [9.17, 15) is 9.59 Å². The molecule has 79 heavy (non-hydrogen) atoms. The Bertz CT molecular complexity index is 3550. The Kier molecular flexibility index (Phi) is 17.1. The van der Waals surface area contributed by atoms with E-state index in [-0.39, 0.29) is 83.3 Å². The summed E-state index contributed by atoms with van der Waals surface area (Å²) in [6.45, 7) is 0.219. The third kappa shape index (κ3) is 11.5. The average molecular weight is 1150 g/mol. The predicted molar refractivity (Wildman–Crippen MR) is 308 cm³/mol. The number of fused-ring (bicyclic) bond motifs is 2. The van der Waals surface area contributed by atoms with Crippen LogP contribution >= 0.6 is 45.9 Å². The number of carbonyl (C=O) groups excluding carboxylic acids is 2. The molecule has 11 nitrogen and oxygen atoms in total. The number of amides is 2. The molecular weight excluding hydrogens is 1090 g/mol. The number of halogens is 6. The van der Waals surface area contributed by atoms with Gasteiger partial charge < -0.3 is 34.8 Å².